The number of allylic oxidation sites excluding steroid dienone is 3. The Balaban J connectivity index is 5.25. The van der Waals surface area contributed by atoms with Crippen molar-refractivity contribution in [3.63, 3.8) is 0 Å². The van der Waals surface area contributed by atoms with E-state index in [-0.39, 0.29) is 11.1 Å². The standard InChI is InChI=1S/C11H12O4/c1-6(2)9(12)5-8(11(14)15)10(13)7(3)4/h5H,1,3H2,2,4H3,(H,14,15). The average Bonchev–Trinajstić information content (AvgIpc) is 2.11. The molecule has 0 radical (unpaired) electrons. The molecule has 0 saturated heterocycles. The molecule has 0 unspecified atom stereocenters. The van der Waals surface area contributed by atoms with Crippen LogP contribution in [0.5, 0.6) is 0 Å². The third-order valence-electron chi connectivity index (χ3n) is 1.56. The molecule has 0 atom stereocenters. The molecule has 0 spiro atoms. The summed E-state index contributed by atoms with van der Waals surface area (Å²) in [6.07, 6.45) is 0.766. The quantitative estimate of drug-likeness (QED) is 0.420. The minimum absolute atomic E-state index is 0.0677. The Hall–Kier alpha value is -1.97. The van der Waals surface area contributed by atoms with Gasteiger partial charge in [-0.05, 0) is 25.0 Å². The molecule has 0 aliphatic carbocycles. The Kier molecular flexibility index (Phi) is 4.38. The van der Waals surface area contributed by atoms with Crippen LogP contribution in [0.3, 0.4) is 0 Å². The second-order valence-corrected chi connectivity index (χ2v) is 3.12. The van der Waals surface area contributed by atoms with Crippen LogP contribution >= 0.6 is 0 Å². The predicted octanol–water partition coefficient (Wildman–Crippen LogP) is 1.29. The summed E-state index contributed by atoms with van der Waals surface area (Å²) in [5, 5.41) is 8.71. The van der Waals surface area contributed by atoms with Gasteiger partial charge in [-0.1, -0.05) is 13.2 Å². The number of rotatable bonds is 5. The maximum Gasteiger partial charge on any atom is 0.339 e. The van der Waals surface area contributed by atoms with Crippen LogP contribution in [0.2, 0.25) is 0 Å². The van der Waals surface area contributed by atoms with E-state index in [0.717, 1.165) is 6.08 Å². The monoisotopic (exact) mass is 208 g/mol. The van der Waals surface area contributed by atoms with E-state index in [4.69, 9.17) is 5.11 Å². The second-order valence-electron chi connectivity index (χ2n) is 3.12. The van der Waals surface area contributed by atoms with Crippen molar-refractivity contribution < 1.29 is 19.5 Å². The molecule has 0 aromatic rings. The molecular formula is C11H12O4. The maximum absolute atomic E-state index is 11.3. The first-order valence-electron chi connectivity index (χ1n) is 4.12. The number of hydrogen-bond donors (Lipinski definition) is 1. The highest BCUT2D eigenvalue weighted by atomic mass is 16.4. The van der Waals surface area contributed by atoms with Crippen molar-refractivity contribution in [2.24, 2.45) is 0 Å². The van der Waals surface area contributed by atoms with Gasteiger partial charge in [0.2, 0.25) is 0 Å². The first kappa shape index (κ1) is 13.0. The summed E-state index contributed by atoms with van der Waals surface area (Å²) in [5.41, 5.74) is -0.350. The molecule has 0 fully saturated rings. The highest BCUT2D eigenvalue weighted by molar-refractivity contribution is 6.26. The van der Waals surface area contributed by atoms with Gasteiger partial charge in [-0.25, -0.2) is 4.79 Å². The minimum atomic E-state index is -1.45. The Bertz CT molecular complexity index is 385. The number of aliphatic carboxylic acids is 1. The highest BCUT2D eigenvalue weighted by Crippen LogP contribution is 2.06. The summed E-state index contributed by atoms with van der Waals surface area (Å²) in [6, 6.07) is 0. The molecule has 15 heavy (non-hydrogen) atoms. The number of carbonyl (C=O) groups excluding carboxylic acids is 2. The lowest BCUT2D eigenvalue weighted by atomic mass is 10.0. The lowest BCUT2D eigenvalue weighted by molar-refractivity contribution is -0.134. The molecular weight excluding hydrogens is 196 g/mol. The summed E-state index contributed by atoms with van der Waals surface area (Å²) in [4.78, 5) is 33.2. The smallest absolute Gasteiger partial charge is 0.339 e. The van der Waals surface area contributed by atoms with Crippen molar-refractivity contribution in [2.45, 2.75) is 13.8 Å². The van der Waals surface area contributed by atoms with Crippen LogP contribution in [0.15, 0.2) is 36.0 Å². The van der Waals surface area contributed by atoms with Gasteiger partial charge in [0.25, 0.3) is 0 Å². The Morgan fingerprint density at radius 1 is 1.07 bits per heavy atom. The third kappa shape index (κ3) is 3.72. The van der Waals surface area contributed by atoms with E-state index in [1.807, 2.05) is 0 Å². The van der Waals surface area contributed by atoms with Gasteiger partial charge >= 0.3 is 5.97 Å². The number of carboxylic acids is 1. The molecule has 0 aromatic heterocycles. The lowest BCUT2D eigenvalue weighted by Gasteiger charge is -2.00. The van der Waals surface area contributed by atoms with Gasteiger partial charge in [-0.2, -0.15) is 0 Å². The van der Waals surface area contributed by atoms with Crippen molar-refractivity contribution >= 4 is 17.5 Å². The molecule has 4 heteroatoms. The van der Waals surface area contributed by atoms with E-state index in [9.17, 15) is 14.4 Å². The second kappa shape index (κ2) is 5.05. The Morgan fingerprint density at radius 3 is 1.80 bits per heavy atom. The largest absolute Gasteiger partial charge is 0.478 e. The molecule has 4 nitrogen and oxygen atoms in total. The zero-order chi connectivity index (χ0) is 12.2. The van der Waals surface area contributed by atoms with E-state index in [1.165, 1.54) is 13.8 Å². The first-order chi connectivity index (χ1) is 6.77. The fourth-order valence-electron chi connectivity index (χ4n) is 0.709. The van der Waals surface area contributed by atoms with Gasteiger partial charge in [0.05, 0.1) is 0 Å². The van der Waals surface area contributed by atoms with Gasteiger partial charge in [-0.15, -0.1) is 0 Å². The molecule has 0 bridgehead atoms. The average molecular weight is 208 g/mol. The fourth-order valence-corrected chi connectivity index (χ4v) is 0.709. The molecule has 0 heterocycles. The van der Waals surface area contributed by atoms with E-state index in [2.05, 4.69) is 13.2 Å². The Labute approximate surface area is 87.6 Å². The molecule has 80 valence electrons. The predicted molar refractivity (Wildman–Crippen MR) is 55.4 cm³/mol. The van der Waals surface area contributed by atoms with Gasteiger partial charge in [-0.3, -0.25) is 9.59 Å². The summed E-state index contributed by atoms with van der Waals surface area (Å²) < 4.78 is 0. The summed E-state index contributed by atoms with van der Waals surface area (Å²) in [6.45, 7) is 9.49. The van der Waals surface area contributed by atoms with Crippen molar-refractivity contribution in [3.05, 3.63) is 36.0 Å². The molecule has 0 rings (SSSR count). The normalized spacial score (nSPS) is 10.7. The molecule has 0 amide bonds. The van der Waals surface area contributed by atoms with Crippen LogP contribution < -0.4 is 0 Å². The fraction of sp³-hybridized carbons (Fsp3) is 0.182. The van der Waals surface area contributed by atoms with E-state index in [1.54, 1.807) is 0 Å². The van der Waals surface area contributed by atoms with Gasteiger partial charge in [0.1, 0.15) is 5.57 Å². The van der Waals surface area contributed by atoms with Crippen LogP contribution in [-0.4, -0.2) is 22.6 Å². The minimum Gasteiger partial charge on any atom is -0.478 e. The van der Waals surface area contributed by atoms with Crippen molar-refractivity contribution in [1.29, 1.82) is 0 Å². The van der Waals surface area contributed by atoms with E-state index < -0.39 is 23.1 Å². The molecule has 0 aliphatic rings. The lowest BCUT2D eigenvalue weighted by Crippen LogP contribution is -2.14. The van der Waals surface area contributed by atoms with Crippen LogP contribution in [0.1, 0.15) is 13.8 Å². The number of hydrogen-bond acceptors (Lipinski definition) is 3. The number of ketones is 2. The van der Waals surface area contributed by atoms with E-state index in [0.29, 0.717) is 0 Å². The number of Topliss-reactive ketones (excluding diaryl/α,β-unsaturated/α-hetero) is 1. The zero-order valence-corrected chi connectivity index (χ0v) is 8.66. The highest BCUT2D eigenvalue weighted by Gasteiger charge is 2.19. The Morgan fingerprint density at radius 2 is 1.53 bits per heavy atom. The maximum atomic E-state index is 11.3. The van der Waals surface area contributed by atoms with Gasteiger partial charge in [0.15, 0.2) is 11.6 Å². The SMILES string of the molecule is C=C(C)C(=O)C=C(C(=O)O)C(=O)C(=C)C. The summed E-state index contributed by atoms with van der Waals surface area (Å²) in [5.74, 6) is -2.78. The van der Waals surface area contributed by atoms with E-state index >= 15 is 0 Å². The first-order valence-corrected chi connectivity index (χ1v) is 4.12. The third-order valence-corrected chi connectivity index (χ3v) is 1.56. The van der Waals surface area contributed by atoms with Gasteiger partial charge < -0.3 is 5.11 Å². The number of carbonyl (C=O) groups is 3. The van der Waals surface area contributed by atoms with Crippen LogP contribution in [0.25, 0.3) is 0 Å². The molecule has 0 saturated carbocycles. The summed E-state index contributed by atoms with van der Waals surface area (Å²) >= 11 is 0. The zero-order valence-electron chi connectivity index (χ0n) is 8.66. The van der Waals surface area contributed by atoms with Crippen LogP contribution in [0.4, 0.5) is 0 Å². The van der Waals surface area contributed by atoms with Crippen molar-refractivity contribution in [1.82, 2.24) is 0 Å². The van der Waals surface area contributed by atoms with Crippen LogP contribution in [0, 0.1) is 0 Å². The summed E-state index contributed by atoms with van der Waals surface area (Å²) in [7, 11) is 0. The van der Waals surface area contributed by atoms with Crippen LogP contribution in [-0.2, 0) is 14.4 Å². The molecule has 0 aromatic carbocycles. The topological polar surface area (TPSA) is 71.4 Å². The van der Waals surface area contributed by atoms with Gasteiger partial charge in [0, 0.05) is 6.08 Å². The molecule has 1 N–H and O–H groups in total. The van der Waals surface area contributed by atoms with Crippen molar-refractivity contribution in [3.8, 4) is 0 Å². The number of carboxylic acid groups (broad SMARTS) is 1. The molecule has 0 aliphatic heterocycles. The van der Waals surface area contributed by atoms with Crippen molar-refractivity contribution in [2.75, 3.05) is 0 Å².